The van der Waals surface area contributed by atoms with E-state index in [4.69, 9.17) is 0 Å². The molecule has 0 aliphatic rings. The van der Waals surface area contributed by atoms with Crippen LogP contribution in [0.4, 0.5) is 17.1 Å². The van der Waals surface area contributed by atoms with Gasteiger partial charge in [-0.2, -0.15) is 0 Å². The Morgan fingerprint density at radius 1 is 0.806 bits per heavy atom. The summed E-state index contributed by atoms with van der Waals surface area (Å²) in [5.41, 5.74) is 5.60. The second-order valence-electron chi connectivity index (χ2n) is 8.35. The molecule has 2 nitrogen and oxygen atoms in total. The third kappa shape index (κ3) is 6.36. The molecule has 0 fully saturated rings. The van der Waals surface area contributed by atoms with Crippen LogP contribution in [0.3, 0.4) is 0 Å². The van der Waals surface area contributed by atoms with E-state index in [1.807, 2.05) is 32.1 Å². The van der Waals surface area contributed by atoms with Gasteiger partial charge < -0.3 is 9.80 Å². The number of nitrogens with zero attached hydrogens (tertiary/aromatic N) is 2. The predicted molar refractivity (Wildman–Crippen MR) is 139 cm³/mol. The van der Waals surface area contributed by atoms with E-state index >= 15 is 0 Å². The number of anilines is 3. The van der Waals surface area contributed by atoms with E-state index < -0.39 is 0 Å². The third-order valence-corrected chi connectivity index (χ3v) is 4.82. The van der Waals surface area contributed by atoms with Gasteiger partial charge in [-0.3, -0.25) is 0 Å². The van der Waals surface area contributed by atoms with Gasteiger partial charge in [0, 0.05) is 34.0 Å². The van der Waals surface area contributed by atoms with Crippen molar-refractivity contribution in [2.24, 2.45) is 0 Å². The van der Waals surface area contributed by atoms with E-state index in [9.17, 15) is 0 Å². The van der Waals surface area contributed by atoms with Gasteiger partial charge in [-0.05, 0) is 96.2 Å². The molecule has 0 bridgehead atoms. The lowest BCUT2D eigenvalue weighted by Gasteiger charge is -2.38. The highest BCUT2D eigenvalue weighted by Gasteiger charge is 2.23. The Morgan fingerprint density at radius 2 is 1.39 bits per heavy atom. The first kappa shape index (κ1) is 24.0. The maximum atomic E-state index is 3.90. The van der Waals surface area contributed by atoms with Gasteiger partial charge >= 0.3 is 0 Å². The Balaban J connectivity index is 2.55. The molecule has 0 saturated heterocycles. The van der Waals surface area contributed by atoms with Crippen LogP contribution in [-0.4, -0.2) is 5.54 Å². The fourth-order valence-corrected chi connectivity index (χ4v) is 3.61. The maximum absolute atomic E-state index is 3.90. The lowest BCUT2D eigenvalue weighted by molar-refractivity contribution is 0.560. The summed E-state index contributed by atoms with van der Waals surface area (Å²) in [6.07, 6.45) is 14.2. The number of para-hydroxylation sites is 1. The highest BCUT2D eigenvalue weighted by Crippen LogP contribution is 2.35. The minimum Gasteiger partial charge on any atom is -0.336 e. The van der Waals surface area contributed by atoms with Crippen LogP contribution in [0, 0.1) is 0 Å². The molecule has 0 aliphatic carbocycles. The second-order valence-corrected chi connectivity index (χ2v) is 8.35. The summed E-state index contributed by atoms with van der Waals surface area (Å²) < 4.78 is 0. The van der Waals surface area contributed by atoms with Gasteiger partial charge in [0.25, 0.3) is 0 Å². The van der Waals surface area contributed by atoms with Crippen molar-refractivity contribution in [3.8, 4) is 0 Å². The second kappa shape index (κ2) is 11.2. The van der Waals surface area contributed by atoms with Gasteiger partial charge in [-0.25, -0.2) is 0 Å². The molecule has 0 radical (unpaired) electrons. The molecule has 2 heteroatoms. The number of allylic oxidation sites excluding steroid dienone is 8. The largest absolute Gasteiger partial charge is 0.336 e. The molecule has 0 N–H and O–H groups in total. The van der Waals surface area contributed by atoms with Crippen molar-refractivity contribution in [2.45, 2.75) is 47.1 Å². The van der Waals surface area contributed by atoms with E-state index in [0.717, 1.165) is 22.8 Å². The molecule has 0 heterocycles. The minimum absolute atomic E-state index is 0.0524. The number of hydrogen-bond donors (Lipinski definition) is 0. The molecule has 0 aromatic heterocycles. The van der Waals surface area contributed by atoms with Crippen molar-refractivity contribution in [3.63, 3.8) is 0 Å². The fraction of sp³-hybridized carbons (Fsp3) is 0.241. The van der Waals surface area contributed by atoms with E-state index in [1.54, 1.807) is 0 Å². The molecular weight excluding hydrogens is 376 g/mol. The molecule has 2 rings (SSSR count). The molecule has 0 saturated carbocycles. The molecular formula is C29H36N2. The van der Waals surface area contributed by atoms with Crippen LogP contribution in [0.2, 0.25) is 0 Å². The Kier molecular flexibility index (Phi) is 8.69. The first-order valence-corrected chi connectivity index (χ1v) is 10.8. The molecule has 0 spiro atoms. The molecule has 2 aromatic rings. The Labute approximate surface area is 189 Å². The van der Waals surface area contributed by atoms with Gasteiger partial charge in [-0.15, -0.1) is 0 Å². The van der Waals surface area contributed by atoms with Crippen LogP contribution in [0.5, 0.6) is 0 Å². The summed E-state index contributed by atoms with van der Waals surface area (Å²) in [6.45, 7) is 16.8. The average molecular weight is 413 g/mol. The van der Waals surface area contributed by atoms with Crippen LogP contribution < -0.4 is 9.80 Å². The van der Waals surface area contributed by atoms with Crippen LogP contribution in [0.15, 0.2) is 115 Å². The summed E-state index contributed by atoms with van der Waals surface area (Å²) in [6, 6.07) is 19.3. The van der Waals surface area contributed by atoms with Crippen molar-refractivity contribution in [2.75, 3.05) is 9.80 Å². The first-order chi connectivity index (χ1) is 14.8. The van der Waals surface area contributed by atoms with Crippen molar-refractivity contribution in [1.29, 1.82) is 0 Å². The van der Waals surface area contributed by atoms with Gasteiger partial charge in [0.05, 0.1) is 0 Å². The maximum Gasteiger partial charge on any atom is 0.0459 e. The molecule has 0 aliphatic heterocycles. The predicted octanol–water partition coefficient (Wildman–Crippen LogP) is 8.56. The van der Waals surface area contributed by atoms with Crippen molar-refractivity contribution in [3.05, 3.63) is 115 Å². The summed E-state index contributed by atoms with van der Waals surface area (Å²) in [4.78, 5) is 4.62. The minimum atomic E-state index is -0.0524. The molecule has 31 heavy (non-hydrogen) atoms. The van der Waals surface area contributed by atoms with Crippen LogP contribution in [0.1, 0.15) is 41.5 Å². The number of hydrogen-bond acceptors (Lipinski definition) is 2. The van der Waals surface area contributed by atoms with Gasteiger partial charge in [-0.1, -0.05) is 49.1 Å². The quantitative estimate of drug-likeness (QED) is 0.401. The molecule has 0 unspecified atom stereocenters. The highest BCUT2D eigenvalue weighted by molar-refractivity contribution is 5.70. The standard InChI is InChI=1S/C29H36N2/c1-8-11-17-24(4)30(25(15-9-2)16-10-3)26-20-22-28(23-21-26)31(29(5,6)7)27-18-13-12-14-19-27/h8-23H,2H2,1,3-7H3/b11-8-,16-10-,24-17+,25-15+. The van der Waals surface area contributed by atoms with Crippen LogP contribution in [-0.2, 0) is 0 Å². The zero-order valence-corrected chi connectivity index (χ0v) is 19.8. The molecule has 0 amide bonds. The van der Waals surface area contributed by atoms with E-state index in [1.165, 1.54) is 5.69 Å². The topological polar surface area (TPSA) is 6.48 Å². The Hall–Kier alpha value is -3.26. The molecule has 162 valence electrons. The van der Waals surface area contributed by atoms with Gasteiger partial charge in [0.1, 0.15) is 0 Å². The zero-order valence-electron chi connectivity index (χ0n) is 19.8. The number of benzene rings is 2. The van der Waals surface area contributed by atoms with Crippen molar-refractivity contribution in [1.82, 2.24) is 0 Å². The van der Waals surface area contributed by atoms with Gasteiger partial charge in [0.15, 0.2) is 0 Å². The van der Waals surface area contributed by atoms with E-state index in [0.29, 0.717) is 0 Å². The average Bonchev–Trinajstić information content (AvgIpc) is 2.74. The van der Waals surface area contributed by atoms with E-state index in [2.05, 4.69) is 123 Å². The van der Waals surface area contributed by atoms with Crippen molar-refractivity contribution < 1.29 is 0 Å². The Bertz CT molecular complexity index is 952. The summed E-state index contributed by atoms with van der Waals surface area (Å²) in [5.74, 6) is 0. The lowest BCUT2D eigenvalue weighted by Crippen LogP contribution is -2.37. The zero-order chi connectivity index (χ0) is 22.9. The monoisotopic (exact) mass is 412 g/mol. The summed E-state index contributed by atoms with van der Waals surface area (Å²) >= 11 is 0. The first-order valence-electron chi connectivity index (χ1n) is 10.8. The molecule has 0 atom stereocenters. The van der Waals surface area contributed by atoms with Crippen LogP contribution in [0.25, 0.3) is 0 Å². The fourth-order valence-electron chi connectivity index (χ4n) is 3.61. The smallest absolute Gasteiger partial charge is 0.0459 e. The lowest BCUT2D eigenvalue weighted by atomic mass is 10.0. The number of rotatable bonds is 8. The highest BCUT2D eigenvalue weighted by atomic mass is 15.2. The summed E-state index contributed by atoms with van der Waals surface area (Å²) in [7, 11) is 0. The van der Waals surface area contributed by atoms with E-state index in [-0.39, 0.29) is 5.54 Å². The van der Waals surface area contributed by atoms with Crippen LogP contribution >= 0.6 is 0 Å². The van der Waals surface area contributed by atoms with Crippen molar-refractivity contribution >= 4 is 17.1 Å². The third-order valence-electron chi connectivity index (χ3n) is 4.82. The Morgan fingerprint density at radius 3 is 1.90 bits per heavy atom. The van der Waals surface area contributed by atoms with Gasteiger partial charge in [0.2, 0.25) is 0 Å². The molecule has 2 aromatic carbocycles. The SMILES string of the molecule is C=C/C=C(\C=C/C)N(/C(C)=C/C=C\C)c1ccc(N(c2ccccc2)C(C)(C)C)cc1. The summed E-state index contributed by atoms with van der Waals surface area (Å²) in [5, 5.41) is 0. The normalized spacial score (nSPS) is 13.1.